The molecule has 0 atom stereocenters. The number of aromatic nitrogens is 3. The Morgan fingerprint density at radius 3 is 2.89 bits per heavy atom. The highest BCUT2D eigenvalue weighted by Gasteiger charge is 2.16. The van der Waals surface area contributed by atoms with E-state index < -0.39 is 10.0 Å². The molecule has 0 unspecified atom stereocenters. The topological polar surface area (TPSA) is 91.8 Å². The molecular formula is C11H17N5O2S. The van der Waals surface area contributed by atoms with E-state index in [2.05, 4.69) is 20.1 Å². The molecule has 0 saturated carbocycles. The minimum Gasteiger partial charge on any atom is -0.363 e. The summed E-state index contributed by atoms with van der Waals surface area (Å²) in [6, 6.07) is 1.60. The Kier molecular flexibility index (Phi) is 3.91. The lowest BCUT2D eigenvalue weighted by atomic mass is 10.4. The largest absolute Gasteiger partial charge is 0.363 e. The summed E-state index contributed by atoms with van der Waals surface area (Å²) in [6.07, 6.45) is 4.61. The molecule has 0 bridgehead atoms. The monoisotopic (exact) mass is 283 g/mol. The fraction of sp³-hybridized carbons (Fsp3) is 0.364. The average Bonchev–Trinajstić information content (AvgIpc) is 2.98. The van der Waals surface area contributed by atoms with Crippen molar-refractivity contribution in [2.24, 2.45) is 0 Å². The van der Waals surface area contributed by atoms with Crippen molar-refractivity contribution in [3.63, 3.8) is 0 Å². The third-order valence-corrected chi connectivity index (χ3v) is 3.96. The second kappa shape index (κ2) is 5.45. The second-order valence-corrected chi connectivity index (χ2v) is 5.76. The van der Waals surface area contributed by atoms with E-state index in [1.807, 2.05) is 6.92 Å². The normalized spacial score (nSPS) is 11.7. The first-order chi connectivity index (χ1) is 9.05. The number of nitrogens with one attached hydrogen (secondary N) is 3. The van der Waals surface area contributed by atoms with Crippen LogP contribution < -0.4 is 10.0 Å². The number of nitrogens with zero attached hydrogens (tertiary/aromatic N) is 2. The Morgan fingerprint density at radius 2 is 2.26 bits per heavy atom. The van der Waals surface area contributed by atoms with Crippen LogP contribution in [-0.2, 0) is 23.1 Å². The van der Waals surface area contributed by atoms with Gasteiger partial charge in [0.1, 0.15) is 4.90 Å². The quantitative estimate of drug-likeness (QED) is 0.729. The minimum absolute atomic E-state index is 0.210. The first kappa shape index (κ1) is 13.6. The van der Waals surface area contributed by atoms with Gasteiger partial charge in [-0.1, -0.05) is 0 Å². The third-order valence-electron chi connectivity index (χ3n) is 2.60. The van der Waals surface area contributed by atoms with Gasteiger partial charge in [-0.15, -0.1) is 0 Å². The molecule has 0 aliphatic carbocycles. The lowest BCUT2D eigenvalue weighted by molar-refractivity contribution is 0.601. The van der Waals surface area contributed by atoms with Gasteiger partial charge in [0.15, 0.2) is 0 Å². The van der Waals surface area contributed by atoms with E-state index in [-0.39, 0.29) is 4.90 Å². The molecule has 19 heavy (non-hydrogen) atoms. The van der Waals surface area contributed by atoms with Crippen LogP contribution in [-0.4, -0.2) is 30.2 Å². The molecule has 2 rings (SSSR count). The molecule has 2 heterocycles. The predicted octanol–water partition coefficient (Wildman–Crippen LogP) is 0.751. The van der Waals surface area contributed by atoms with E-state index in [1.54, 1.807) is 24.0 Å². The molecule has 3 N–H and O–H groups in total. The van der Waals surface area contributed by atoms with Crippen LogP contribution in [0, 0.1) is 0 Å². The summed E-state index contributed by atoms with van der Waals surface area (Å²) in [6.45, 7) is 3.21. The lowest BCUT2D eigenvalue weighted by Gasteiger charge is -2.02. The molecule has 0 fully saturated rings. The summed E-state index contributed by atoms with van der Waals surface area (Å²) in [5, 5.41) is 6.97. The smallest absolute Gasteiger partial charge is 0.263 e. The lowest BCUT2D eigenvalue weighted by Crippen LogP contribution is -2.11. The highest BCUT2D eigenvalue weighted by molar-refractivity contribution is 7.92. The van der Waals surface area contributed by atoms with Gasteiger partial charge >= 0.3 is 0 Å². The van der Waals surface area contributed by atoms with Crippen molar-refractivity contribution >= 4 is 15.7 Å². The SMILES string of the molecule is CCn1cc(NS(=O)(=O)c2c[nH]c(CNC)c2)cn1. The number of anilines is 1. The minimum atomic E-state index is -3.57. The van der Waals surface area contributed by atoms with Gasteiger partial charge in [0, 0.05) is 31.2 Å². The predicted molar refractivity (Wildman–Crippen MR) is 72.3 cm³/mol. The van der Waals surface area contributed by atoms with E-state index in [0.29, 0.717) is 18.8 Å². The molecule has 8 heteroatoms. The molecule has 7 nitrogen and oxygen atoms in total. The van der Waals surface area contributed by atoms with Crippen LogP contribution in [0.5, 0.6) is 0 Å². The van der Waals surface area contributed by atoms with Crippen molar-refractivity contribution in [3.05, 3.63) is 30.4 Å². The molecule has 0 aliphatic rings. The van der Waals surface area contributed by atoms with Crippen LogP contribution in [0.4, 0.5) is 5.69 Å². The Labute approximate surface area is 112 Å². The molecular weight excluding hydrogens is 266 g/mol. The Hall–Kier alpha value is -1.80. The fourth-order valence-corrected chi connectivity index (χ4v) is 2.71. The van der Waals surface area contributed by atoms with E-state index in [4.69, 9.17) is 0 Å². The van der Waals surface area contributed by atoms with Crippen LogP contribution in [0.25, 0.3) is 0 Å². The summed E-state index contributed by atoms with van der Waals surface area (Å²) in [4.78, 5) is 3.12. The van der Waals surface area contributed by atoms with Crippen LogP contribution in [0.1, 0.15) is 12.6 Å². The van der Waals surface area contributed by atoms with Crippen molar-refractivity contribution in [2.75, 3.05) is 11.8 Å². The molecule has 2 aromatic heterocycles. The van der Waals surface area contributed by atoms with Gasteiger partial charge < -0.3 is 10.3 Å². The summed E-state index contributed by atoms with van der Waals surface area (Å²) < 4.78 is 28.4. The number of hydrogen-bond acceptors (Lipinski definition) is 4. The molecule has 0 aliphatic heterocycles. The van der Waals surface area contributed by atoms with Gasteiger partial charge in [-0.25, -0.2) is 8.42 Å². The Bertz CT molecular complexity index is 644. The summed E-state index contributed by atoms with van der Waals surface area (Å²) >= 11 is 0. The number of sulfonamides is 1. The number of rotatable bonds is 6. The molecule has 0 aromatic carbocycles. The summed E-state index contributed by atoms with van der Waals surface area (Å²) in [7, 11) is -1.77. The number of aryl methyl sites for hydroxylation is 1. The molecule has 104 valence electrons. The van der Waals surface area contributed by atoms with Crippen molar-refractivity contribution in [1.82, 2.24) is 20.1 Å². The van der Waals surface area contributed by atoms with Gasteiger partial charge in [-0.05, 0) is 20.0 Å². The van der Waals surface area contributed by atoms with Crippen molar-refractivity contribution in [2.45, 2.75) is 24.9 Å². The molecule has 0 spiro atoms. The maximum atomic E-state index is 12.1. The zero-order valence-electron chi connectivity index (χ0n) is 10.8. The van der Waals surface area contributed by atoms with Gasteiger partial charge in [-0.2, -0.15) is 5.10 Å². The molecule has 0 saturated heterocycles. The zero-order chi connectivity index (χ0) is 13.9. The first-order valence-corrected chi connectivity index (χ1v) is 7.40. The van der Waals surface area contributed by atoms with E-state index >= 15 is 0 Å². The molecule has 0 amide bonds. The van der Waals surface area contributed by atoms with E-state index in [1.165, 1.54) is 12.4 Å². The van der Waals surface area contributed by atoms with Gasteiger partial charge in [0.2, 0.25) is 0 Å². The molecule has 2 aromatic rings. The first-order valence-electron chi connectivity index (χ1n) is 5.92. The van der Waals surface area contributed by atoms with E-state index in [0.717, 1.165) is 5.69 Å². The van der Waals surface area contributed by atoms with Crippen molar-refractivity contribution in [3.8, 4) is 0 Å². The highest BCUT2D eigenvalue weighted by atomic mass is 32.2. The average molecular weight is 283 g/mol. The van der Waals surface area contributed by atoms with Crippen molar-refractivity contribution < 1.29 is 8.42 Å². The maximum Gasteiger partial charge on any atom is 0.263 e. The van der Waals surface area contributed by atoms with Crippen LogP contribution >= 0.6 is 0 Å². The highest BCUT2D eigenvalue weighted by Crippen LogP contribution is 2.16. The van der Waals surface area contributed by atoms with Gasteiger partial charge in [-0.3, -0.25) is 9.40 Å². The third kappa shape index (κ3) is 3.15. The van der Waals surface area contributed by atoms with Crippen LogP contribution in [0.15, 0.2) is 29.6 Å². The van der Waals surface area contributed by atoms with Gasteiger partial charge in [0.05, 0.1) is 11.9 Å². The number of hydrogen-bond donors (Lipinski definition) is 3. The standard InChI is InChI=1S/C11H17N5O2S/c1-3-16-8-10(6-14-16)15-19(17,18)11-4-9(5-12-2)13-7-11/h4,6-8,12-13,15H,3,5H2,1-2H3. The maximum absolute atomic E-state index is 12.1. The zero-order valence-corrected chi connectivity index (χ0v) is 11.7. The van der Waals surface area contributed by atoms with E-state index in [9.17, 15) is 8.42 Å². The second-order valence-electron chi connectivity index (χ2n) is 4.08. The number of H-pyrrole nitrogens is 1. The Balaban J connectivity index is 2.16. The summed E-state index contributed by atoms with van der Waals surface area (Å²) in [5.74, 6) is 0. The van der Waals surface area contributed by atoms with Crippen LogP contribution in [0.3, 0.4) is 0 Å². The van der Waals surface area contributed by atoms with Crippen molar-refractivity contribution in [1.29, 1.82) is 0 Å². The van der Waals surface area contributed by atoms with Gasteiger partial charge in [0.25, 0.3) is 10.0 Å². The summed E-state index contributed by atoms with van der Waals surface area (Å²) in [5.41, 5.74) is 1.27. The Morgan fingerprint density at radius 1 is 1.47 bits per heavy atom. The molecule has 0 radical (unpaired) electrons. The van der Waals surface area contributed by atoms with Crippen LogP contribution in [0.2, 0.25) is 0 Å². The fourth-order valence-electron chi connectivity index (χ4n) is 1.67. The number of aromatic amines is 1.